The number of hydrogen-bond donors (Lipinski definition) is 6. The molecule has 134 heavy (non-hydrogen) atoms. The van der Waals surface area contributed by atoms with Gasteiger partial charge in [0.2, 0.25) is 0 Å². The van der Waals surface area contributed by atoms with Crippen molar-refractivity contribution in [1.29, 1.82) is 0 Å². The second-order valence-electron chi connectivity index (χ2n) is 45.7. The third kappa shape index (κ3) is 54.2. The van der Waals surface area contributed by atoms with Crippen LogP contribution in [0.2, 0.25) is 0 Å². The third-order valence-corrected chi connectivity index (χ3v) is 20.7. The fourth-order valence-electron chi connectivity index (χ4n) is 15.6. The van der Waals surface area contributed by atoms with Crippen LogP contribution in [0, 0.1) is 0 Å². The van der Waals surface area contributed by atoms with Crippen molar-refractivity contribution >= 4 is 59.9 Å². The van der Waals surface area contributed by atoms with Crippen LogP contribution < -0.4 is 31.9 Å². The largest absolute Gasteiger partial charge is 0.459 e. The fraction of sp³-hybridized carbons (Fsp3) is 0.755. The van der Waals surface area contributed by atoms with E-state index in [2.05, 4.69) is 84.5 Å². The van der Waals surface area contributed by atoms with E-state index in [0.717, 1.165) is 128 Å². The molecular formula is C106H184N8O20. The number of likely N-dealkylation sites (tertiary alicyclic amines) is 2. The van der Waals surface area contributed by atoms with Gasteiger partial charge in [0.25, 0.3) is 0 Å². The molecule has 0 bridgehead atoms. The highest BCUT2D eigenvalue weighted by atomic mass is 16.6. The predicted molar refractivity (Wildman–Crippen MR) is 535 cm³/mol. The van der Waals surface area contributed by atoms with E-state index >= 15 is 0 Å². The zero-order valence-electron chi connectivity index (χ0n) is 88.5. The van der Waals surface area contributed by atoms with E-state index < -0.39 is 80.3 Å². The first kappa shape index (κ1) is 124. The lowest BCUT2D eigenvalue weighted by Gasteiger charge is -2.32. The Balaban J connectivity index is 0.000000770. The van der Waals surface area contributed by atoms with E-state index in [4.69, 9.17) is 47.4 Å². The summed E-state index contributed by atoms with van der Waals surface area (Å²) >= 11 is 0. The maximum Gasteiger partial charge on any atom is 0.411 e. The van der Waals surface area contributed by atoms with Gasteiger partial charge < -0.3 is 79.3 Å². The summed E-state index contributed by atoms with van der Waals surface area (Å²) in [5.74, 6) is -1.52. The second kappa shape index (κ2) is 56.8. The maximum atomic E-state index is 12.5. The molecule has 8 heterocycles. The van der Waals surface area contributed by atoms with Gasteiger partial charge in [-0.3, -0.25) is 38.6 Å². The van der Waals surface area contributed by atoms with Gasteiger partial charge in [-0.05, 0) is 362 Å². The predicted octanol–water partition coefficient (Wildman–Crippen LogP) is 19.5. The zero-order chi connectivity index (χ0) is 103. The van der Waals surface area contributed by atoms with Crippen LogP contribution in [0.15, 0.2) is 101 Å². The molecule has 0 aromatic heterocycles. The van der Waals surface area contributed by atoms with Gasteiger partial charge in [-0.1, -0.05) is 48.6 Å². The second-order valence-corrected chi connectivity index (χ2v) is 45.7. The molecule has 28 nitrogen and oxygen atoms in total. The number of carbonyl (C=O) groups excluding carboxylic acids is 10. The van der Waals surface area contributed by atoms with E-state index in [1.165, 1.54) is 9.80 Å². The number of amides is 2. The summed E-state index contributed by atoms with van der Waals surface area (Å²) in [5, 5.41) is 19.6. The number of ether oxygens (including phenoxy) is 10. The quantitative estimate of drug-likeness (QED) is 0.0297. The molecule has 8 aliphatic rings. The molecule has 0 aromatic carbocycles. The molecule has 768 valence electrons. The normalized spacial score (nSPS) is 25.0. The summed E-state index contributed by atoms with van der Waals surface area (Å²) in [6.45, 7) is 85.4. The first-order valence-corrected chi connectivity index (χ1v) is 48.7. The third-order valence-electron chi connectivity index (χ3n) is 20.7. The SMILES string of the molecule is C=CCC1CC[C@@H](C(=O)OC(C)(C)C)N1.C=CCC1CC[C@@H](C(=O)OC(C)(C)C)N1.C=CCC1CC[C@@H](C(=O)OC(C)(C)C)N1C(=O)OC(C)(C)C.C=CCC1CC[C@@H](C(=O)OC(C)(C)C)N1C(=O)OC(C)(C)C.C=CC[C@@H]1CC[C@@H](C(=O)OC(C)(C)C)N1.C=CC[C@@H]1CC[C@@H](C(=O)OC(C)(C)C)N1.C=CC[C@H]1CC[C@@H](C(=O)OC(C)(C)C)N1.C=CC[C@H]1CC[C@@H](C(=O)OC(C)(C)C)N1. The molecular weight excluding hydrogens is 1710 g/mol. The van der Waals surface area contributed by atoms with Crippen molar-refractivity contribution in [1.82, 2.24) is 41.7 Å². The smallest absolute Gasteiger partial charge is 0.411 e. The number of nitrogens with one attached hydrogen (secondary N) is 6. The molecule has 2 amide bonds. The lowest BCUT2D eigenvalue weighted by atomic mass is 10.1. The first-order valence-electron chi connectivity index (χ1n) is 48.7. The minimum absolute atomic E-state index is 0.0649. The molecule has 0 aliphatic carbocycles. The zero-order valence-corrected chi connectivity index (χ0v) is 88.5. The minimum atomic E-state index is -0.600. The average molecular weight is 1890 g/mol. The number of nitrogens with zero attached hydrogens (tertiary/aromatic N) is 2. The van der Waals surface area contributed by atoms with Crippen LogP contribution in [0.1, 0.15) is 362 Å². The van der Waals surface area contributed by atoms with Crippen molar-refractivity contribution < 1.29 is 95.3 Å². The van der Waals surface area contributed by atoms with Gasteiger partial charge in [0.05, 0.1) is 0 Å². The van der Waals surface area contributed by atoms with Crippen LogP contribution in [0.3, 0.4) is 0 Å². The van der Waals surface area contributed by atoms with E-state index in [0.29, 0.717) is 61.9 Å². The van der Waals surface area contributed by atoms with Crippen LogP contribution in [0.4, 0.5) is 9.59 Å². The highest BCUT2D eigenvalue weighted by Gasteiger charge is 2.47. The van der Waals surface area contributed by atoms with Gasteiger partial charge >= 0.3 is 59.9 Å². The molecule has 16 atom stereocenters. The molecule has 8 aliphatic heterocycles. The van der Waals surface area contributed by atoms with E-state index in [1.807, 2.05) is 244 Å². The lowest BCUT2D eigenvalue weighted by Crippen LogP contribution is -2.48. The monoisotopic (exact) mass is 1890 g/mol. The Morgan fingerprint density at radius 3 is 0.485 bits per heavy atom. The molecule has 0 aromatic rings. The topological polar surface area (TPSA) is 342 Å². The molecule has 0 spiro atoms. The highest BCUT2D eigenvalue weighted by Crippen LogP contribution is 2.34. The van der Waals surface area contributed by atoms with Crippen LogP contribution in [-0.4, -0.2) is 222 Å². The summed E-state index contributed by atoms with van der Waals surface area (Å²) < 4.78 is 53.7. The molecule has 8 rings (SSSR count). The van der Waals surface area contributed by atoms with Gasteiger partial charge in [-0.25, -0.2) is 19.2 Å². The molecule has 8 saturated heterocycles. The average Bonchev–Trinajstić information content (AvgIpc) is 1.66. The number of esters is 8. The van der Waals surface area contributed by atoms with E-state index in [-0.39, 0.29) is 96.1 Å². The van der Waals surface area contributed by atoms with Crippen molar-refractivity contribution in [3.8, 4) is 0 Å². The summed E-state index contributed by atoms with van der Waals surface area (Å²) in [4.78, 5) is 123. The van der Waals surface area contributed by atoms with Crippen molar-refractivity contribution in [3.05, 3.63) is 101 Å². The molecule has 6 N–H and O–H groups in total. The highest BCUT2D eigenvalue weighted by molar-refractivity contribution is 5.84. The Hall–Kier alpha value is -8.02. The molecule has 4 unspecified atom stereocenters. The van der Waals surface area contributed by atoms with Gasteiger partial charge in [-0.2, -0.15) is 0 Å². The Morgan fingerprint density at radius 1 is 0.209 bits per heavy atom. The van der Waals surface area contributed by atoms with Gasteiger partial charge in [0.1, 0.15) is 104 Å². The maximum absolute atomic E-state index is 12.5. The Kier molecular flexibility index (Phi) is 52.5. The number of hydrogen-bond acceptors (Lipinski definition) is 26. The van der Waals surface area contributed by atoms with Crippen molar-refractivity contribution in [3.63, 3.8) is 0 Å². The minimum Gasteiger partial charge on any atom is -0.459 e. The van der Waals surface area contributed by atoms with Gasteiger partial charge in [-0.15, -0.1) is 52.6 Å². The Morgan fingerprint density at radius 2 is 0.351 bits per heavy atom. The summed E-state index contributed by atoms with van der Waals surface area (Å²) in [6, 6.07) is 0.253. The first-order chi connectivity index (χ1) is 61.4. The number of rotatable bonds is 24. The molecule has 0 radical (unpaired) electrons. The van der Waals surface area contributed by atoms with Crippen LogP contribution >= 0.6 is 0 Å². The van der Waals surface area contributed by atoms with Crippen LogP contribution in [0.5, 0.6) is 0 Å². The molecule has 8 fully saturated rings. The number of carbonyl (C=O) groups is 10. The molecule has 28 heteroatoms. The summed E-state index contributed by atoms with van der Waals surface area (Å²) in [7, 11) is 0. The summed E-state index contributed by atoms with van der Waals surface area (Å²) in [5.41, 5.74) is -4.71. The Bertz CT molecular complexity index is 3240. The lowest BCUT2D eigenvalue weighted by molar-refractivity contribution is -0.161. The van der Waals surface area contributed by atoms with Crippen LogP contribution in [0.25, 0.3) is 0 Å². The van der Waals surface area contributed by atoms with Crippen LogP contribution in [-0.2, 0) is 85.7 Å². The van der Waals surface area contributed by atoms with E-state index in [1.54, 1.807) is 12.2 Å². The van der Waals surface area contributed by atoms with Gasteiger partial charge in [0.15, 0.2) is 0 Å². The van der Waals surface area contributed by atoms with Gasteiger partial charge in [0, 0.05) is 48.3 Å². The van der Waals surface area contributed by atoms with E-state index in [9.17, 15) is 47.9 Å². The van der Waals surface area contributed by atoms with Crippen molar-refractivity contribution in [2.24, 2.45) is 0 Å². The van der Waals surface area contributed by atoms with Crippen molar-refractivity contribution in [2.45, 2.75) is 514 Å². The van der Waals surface area contributed by atoms with Crippen molar-refractivity contribution in [2.75, 3.05) is 0 Å². The standard InChI is InChI=1S/2C17H29NO4.6C12H21NO2/c2*1-8-9-12-10-11-13(14(19)21-16(2,3)4)18(12)15(20)22-17(5,6)7;6*1-5-6-9-7-8-10(13-9)11(14)15-12(2,3)4/h2*8,12-13H,1,9-11H2,2-7H3;6*5,9-10,13H,1,6-8H2,2-4H3/t2*12?,13-;2*9?,10-;2*9-,10+;2*9-,10-/m00001100/s1. The summed E-state index contributed by atoms with van der Waals surface area (Å²) in [6.07, 6.45) is 34.7. The molecule has 0 saturated carbocycles. The Labute approximate surface area is 808 Å². The fourth-order valence-corrected chi connectivity index (χ4v) is 15.6.